The molecule has 64 heavy (non-hydrogen) atoms. The van der Waals surface area contributed by atoms with Crippen LogP contribution in [0.15, 0.2) is 218 Å². The van der Waals surface area contributed by atoms with Crippen molar-refractivity contribution in [2.75, 3.05) is 4.90 Å². The maximum absolute atomic E-state index is 2.38. The Morgan fingerprint density at radius 1 is 0.234 bits per heavy atom. The van der Waals surface area contributed by atoms with E-state index in [-0.39, 0.29) is 0 Å². The summed E-state index contributed by atoms with van der Waals surface area (Å²) < 4.78 is 0. The minimum Gasteiger partial charge on any atom is -0.311 e. The van der Waals surface area contributed by atoms with E-state index < -0.39 is 0 Å². The second kappa shape index (κ2) is 16.0. The molecule has 0 aromatic heterocycles. The van der Waals surface area contributed by atoms with E-state index in [0.717, 1.165) is 36.3 Å². The first-order chi connectivity index (χ1) is 31.7. The van der Waals surface area contributed by atoms with Gasteiger partial charge >= 0.3 is 0 Å². The van der Waals surface area contributed by atoms with Crippen molar-refractivity contribution in [3.63, 3.8) is 0 Å². The minimum atomic E-state index is 0.963. The quantitative estimate of drug-likeness (QED) is 0.162. The van der Waals surface area contributed by atoms with Gasteiger partial charge in [-0.25, -0.2) is 0 Å². The second-order valence-corrected chi connectivity index (χ2v) is 17.3. The van der Waals surface area contributed by atoms with E-state index in [1.165, 1.54) is 100 Å². The molecule has 0 aliphatic heterocycles. The largest absolute Gasteiger partial charge is 0.311 e. The number of rotatable bonds is 6. The van der Waals surface area contributed by atoms with Gasteiger partial charge in [0.25, 0.3) is 0 Å². The van der Waals surface area contributed by atoms with Crippen LogP contribution in [0.3, 0.4) is 0 Å². The summed E-state index contributed by atoms with van der Waals surface area (Å²) >= 11 is 0. The van der Waals surface area contributed by atoms with Crippen LogP contribution < -0.4 is 4.90 Å². The van der Waals surface area contributed by atoms with Crippen molar-refractivity contribution < 1.29 is 0 Å². The van der Waals surface area contributed by atoms with Crippen LogP contribution in [0.25, 0.3) is 34.9 Å². The number of hydrogen-bond acceptors (Lipinski definition) is 1. The third-order valence-electron chi connectivity index (χ3n) is 13.4. The Bertz CT molecular complexity index is 2820. The summed E-state index contributed by atoms with van der Waals surface area (Å²) in [6, 6.07) is 80.3. The fourth-order valence-corrected chi connectivity index (χ4v) is 10.2. The molecule has 0 radical (unpaired) electrons. The van der Waals surface area contributed by atoms with Gasteiger partial charge in [-0.15, -0.1) is 0 Å². The molecule has 0 heterocycles. The molecule has 3 aliphatic carbocycles. The molecule has 9 aromatic carbocycles. The number of nitrogens with zero attached hydrogens (tertiary/aromatic N) is 1. The van der Waals surface area contributed by atoms with E-state index in [9.17, 15) is 0 Å². The van der Waals surface area contributed by atoms with Crippen LogP contribution in [0.1, 0.15) is 83.5 Å². The molecule has 12 rings (SSSR count). The molecule has 0 bridgehead atoms. The van der Waals surface area contributed by atoms with Crippen molar-refractivity contribution in [2.45, 2.75) is 19.3 Å². The molecule has 0 atom stereocenters. The molecule has 0 unspecified atom stereocenters. The van der Waals surface area contributed by atoms with Crippen LogP contribution >= 0.6 is 0 Å². The molecule has 0 fully saturated rings. The monoisotopic (exact) mass is 815 g/mol. The van der Waals surface area contributed by atoms with E-state index in [1.54, 1.807) is 0 Å². The number of anilines is 3. The van der Waals surface area contributed by atoms with Crippen molar-refractivity contribution in [1.82, 2.24) is 0 Å². The van der Waals surface area contributed by atoms with Crippen LogP contribution in [-0.4, -0.2) is 0 Å². The zero-order valence-corrected chi connectivity index (χ0v) is 35.6. The molecule has 0 spiro atoms. The van der Waals surface area contributed by atoms with Crippen LogP contribution in [-0.2, 0) is 19.3 Å². The van der Waals surface area contributed by atoms with E-state index >= 15 is 0 Å². The summed E-state index contributed by atoms with van der Waals surface area (Å²) in [7, 11) is 0. The summed E-state index contributed by atoms with van der Waals surface area (Å²) in [6.07, 6.45) is 9.97. The summed E-state index contributed by atoms with van der Waals surface area (Å²) in [4.78, 5) is 2.38. The fourth-order valence-electron chi connectivity index (χ4n) is 10.2. The lowest BCUT2D eigenvalue weighted by Crippen LogP contribution is -2.10. The number of fused-ring (bicyclic) bond motifs is 6. The maximum Gasteiger partial charge on any atom is 0.0462 e. The summed E-state index contributed by atoms with van der Waals surface area (Å²) in [5, 5.41) is 0. The Morgan fingerprint density at radius 3 is 0.656 bits per heavy atom. The van der Waals surface area contributed by atoms with Gasteiger partial charge in [-0.1, -0.05) is 182 Å². The topological polar surface area (TPSA) is 3.24 Å². The SMILES string of the molecule is C(=C1c2ccccc2Cc2ccccc21)c1ccc(N(c2ccc(C=C3c4ccccc4Cc4ccccc43)cc2)c2ccc(C=C3c4ccccc4Cc4ccccc43)cc2)cc1. The normalized spacial score (nSPS) is 13.0. The predicted molar refractivity (Wildman–Crippen MR) is 269 cm³/mol. The lowest BCUT2D eigenvalue weighted by molar-refractivity contribution is 1.14. The first-order valence-corrected chi connectivity index (χ1v) is 22.5. The van der Waals surface area contributed by atoms with Gasteiger partial charge in [0.2, 0.25) is 0 Å². The van der Waals surface area contributed by atoms with E-state index in [0.29, 0.717) is 0 Å². The highest BCUT2D eigenvalue weighted by Crippen LogP contribution is 2.42. The number of hydrogen-bond donors (Lipinski definition) is 0. The molecular formula is C63H45N. The van der Waals surface area contributed by atoms with Gasteiger partial charge in [0.1, 0.15) is 0 Å². The molecule has 0 saturated carbocycles. The standard InChI is InChI=1S/C63H45N/c1-7-19-55-46(13-1)40-47-14-2-8-20-56(47)61(55)37-43-25-31-52(32-26-43)64(53-33-27-44(28-34-53)38-62-57-21-9-3-15-48(57)41-49-16-4-10-22-58(49)62)54-35-29-45(30-36-54)39-63-59-23-11-5-17-50(59)42-51-18-6-12-24-60(51)63/h1-39H,40-42H2. The third-order valence-corrected chi connectivity index (χ3v) is 13.4. The molecular weight excluding hydrogens is 771 g/mol. The summed E-state index contributed by atoms with van der Waals surface area (Å²) in [5.41, 5.74) is 26.9. The zero-order chi connectivity index (χ0) is 42.4. The van der Waals surface area contributed by atoms with Crippen molar-refractivity contribution in [1.29, 1.82) is 0 Å². The Kier molecular flexibility index (Phi) is 9.46. The average molecular weight is 816 g/mol. The highest BCUT2D eigenvalue weighted by Gasteiger charge is 2.23. The summed E-state index contributed by atoms with van der Waals surface area (Å²) in [5.74, 6) is 0. The molecule has 1 nitrogen and oxygen atoms in total. The lowest BCUT2D eigenvalue weighted by atomic mass is 9.81. The van der Waals surface area contributed by atoms with E-state index in [1.807, 2.05) is 0 Å². The lowest BCUT2D eigenvalue weighted by Gasteiger charge is -2.26. The highest BCUT2D eigenvalue weighted by molar-refractivity contribution is 5.98. The Labute approximate surface area is 376 Å². The van der Waals surface area contributed by atoms with E-state index in [2.05, 4.69) is 242 Å². The van der Waals surface area contributed by atoms with E-state index in [4.69, 9.17) is 0 Å². The Balaban J connectivity index is 0.931. The van der Waals surface area contributed by atoms with Crippen LogP contribution in [0.2, 0.25) is 0 Å². The predicted octanol–water partition coefficient (Wildman–Crippen LogP) is 15.6. The average Bonchev–Trinajstić information content (AvgIpc) is 3.35. The minimum absolute atomic E-state index is 0.963. The van der Waals surface area contributed by atoms with Crippen molar-refractivity contribution in [3.05, 3.63) is 302 Å². The molecule has 0 saturated heterocycles. The van der Waals surface area contributed by atoms with Crippen LogP contribution in [0, 0.1) is 0 Å². The molecule has 0 N–H and O–H groups in total. The Morgan fingerprint density at radius 2 is 0.438 bits per heavy atom. The smallest absolute Gasteiger partial charge is 0.0462 e. The molecule has 3 aliphatic rings. The second-order valence-electron chi connectivity index (χ2n) is 17.3. The Hall–Kier alpha value is -8.00. The van der Waals surface area contributed by atoms with Gasteiger partial charge in [0, 0.05) is 17.1 Å². The molecule has 0 amide bonds. The fraction of sp³-hybridized carbons (Fsp3) is 0.0476. The van der Waals surface area contributed by atoms with Crippen molar-refractivity contribution in [3.8, 4) is 0 Å². The molecule has 9 aromatic rings. The van der Waals surface area contributed by atoms with Gasteiger partial charge in [0.15, 0.2) is 0 Å². The van der Waals surface area contributed by atoms with Crippen LogP contribution in [0.4, 0.5) is 17.1 Å². The molecule has 302 valence electrons. The van der Waals surface area contributed by atoms with Gasteiger partial charge < -0.3 is 4.90 Å². The zero-order valence-electron chi connectivity index (χ0n) is 35.6. The van der Waals surface area contributed by atoms with Crippen molar-refractivity contribution in [2.24, 2.45) is 0 Å². The first-order valence-electron chi connectivity index (χ1n) is 22.5. The maximum atomic E-state index is 2.38. The third kappa shape index (κ3) is 6.93. The van der Waals surface area contributed by atoms with Gasteiger partial charge in [-0.3, -0.25) is 0 Å². The highest BCUT2D eigenvalue weighted by atomic mass is 15.1. The van der Waals surface area contributed by atoms with Crippen LogP contribution in [0.5, 0.6) is 0 Å². The van der Waals surface area contributed by atoms with Crippen molar-refractivity contribution >= 4 is 52.0 Å². The molecule has 1 heteroatoms. The van der Waals surface area contributed by atoms with Gasteiger partial charge in [-0.2, -0.15) is 0 Å². The number of benzene rings is 9. The first kappa shape index (κ1) is 37.7. The summed E-state index contributed by atoms with van der Waals surface area (Å²) in [6.45, 7) is 0. The van der Waals surface area contributed by atoms with Gasteiger partial charge in [0.05, 0.1) is 0 Å². The van der Waals surface area contributed by atoms with Gasteiger partial charge in [-0.05, 0) is 174 Å².